The Kier molecular flexibility index (Phi) is 7.19. The molecule has 6 rings (SSSR count). The molecule has 0 spiro atoms. The lowest BCUT2D eigenvalue weighted by atomic mass is 10.2. The third-order valence-electron chi connectivity index (χ3n) is 6.61. The van der Waals surface area contributed by atoms with Crippen molar-refractivity contribution >= 4 is 45.4 Å². The molecule has 2 heterocycles. The number of anilines is 1. The maximum atomic E-state index is 13.6. The van der Waals surface area contributed by atoms with E-state index in [4.69, 9.17) is 9.15 Å². The SMILES string of the molecule is Cc1ccc(NC(=O)COc2ccc([N+](=O)[O-])cc2C=Nn2c(-c3cc4ccccc4o3)nc3ccccc3c2=O)cc1. The van der Waals surface area contributed by atoms with Crippen LogP contribution in [0.5, 0.6) is 5.75 Å². The van der Waals surface area contributed by atoms with Gasteiger partial charge in [0.1, 0.15) is 11.3 Å². The molecule has 0 saturated heterocycles. The van der Waals surface area contributed by atoms with E-state index in [1.807, 2.05) is 37.3 Å². The Labute approximate surface area is 243 Å². The van der Waals surface area contributed by atoms with E-state index in [1.54, 1.807) is 48.5 Å². The number of ether oxygens (including phenoxy) is 1. The number of nitrogens with zero attached hydrogens (tertiary/aromatic N) is 4. The standard InChI is InChI=1S/C32H23N5O6/c1-20-10-12-23(13-11-20)34-30(38)19-42-27-15-14-24(37(40)41)16-22(27)18-33-36-31(29-17-21-6-2-5-9-28(21)43-29)35-26-8-4-3-7-25(26)32(36)39/h2-18H,19H2,1H3,(H,34,38). The number of nitrogens with one attached hydrogen (secondary N) is 1. The quantitative estimate of drug-likeness (QED) is 0.135. The number of aromatic nitrogens is 2. The molecule has 4 aromatic carbocycles. The van der Waals surface area contributed by atoms with Crippen LogP contribution in [-0.2, 0) is 4.79 Å². The first kappa shape index (κ1) is 27.1. The van der Waals surface area contributed by atoms with E-state index in [0.717, 1.165) is 15.6 Å². The first-order chi connectivity index (χ1) is 20.9. The summed E-state index contributed by atoms with van der Waals surface area (Å²) in [6.45, 7) is 1.57. The van der Waals surface area contributed by atoms with Gasteiger partial charge in [-0.1, -0.05) is 48.0 Å². The van der Waals surface area contributed by atoms with Gasteiger partial charge in [-0.2, -0.15) is 9.78 Å². The van der Waals surface area contributed by atoms with Gasteiger partial charge in [-0.15, -0.1) is 0 Å². The van der Waals surface area contributed by atoms with Crippen LogP contribution in [0.3, 0.4) is 0 Å². The Bertz CT molecular complexity index is 2060. The molecule has 43 heavy (non-hydrogen) atoms. The first-order valence-electron chi connectivity index (χ1n) is 13.2. The number of amides is 1. The van der Waals surface area contributed by atoms with Crippen LogP contribution in [0.25, 0.3) is 33.5 Å². The Morgan fingerprint density at radius 1 is 1.05 bits per heavy atom. The van der Waals surface area contributed by atoms with Crippen LogP contribution in [0.2, 0.25) is 0 Å². The van der Waals surface area contributed by atoms with Crippen LogP contribution >= 0.6 is 0 Å². The van der Waals surface area contributed by atoms with Crippen molar-refractivity contribution in [3.8, 4) is 17.3 Å². The fourth-order valence-corrected chi connectivity index (χ4v) is 4.46. The number of para-hydroxylation sites is 2. The average molecular weight is 574 g/mol. The van der Waals surface area contributed by atoms with E-state index in [0.29, 0.717) is 27.9 Å². The molecule has 0 aliphatic carbocycles. The number of hydrogen-bond donors (Lipinski definition) is 1. The summed E-state index contributed by atoms with van der Waals surface area (Å²) < 4.78 is 12.8. The van der Waals surface area contributed by atoms with Crippen LogP contribution in [0, 0.1) is 17.0 Å². The Balaban J connectivity index is 1.37. The molecule has 0 radical (unpaired) electrons. The van der Waals surface area contributed by atoms with Crippen molar-refractivity contribution in [2.75, 3.05) is 11.9 Å². The molecule has 0 atom stereocenters. The van der Waals surface area contributed by atoms with Crippen molar-refractivity contribution in [1.29, 1.82) is 0 Å². The van der Waals surface area contributed by atoms with E-state index in [2.05, 4.69) is 15.4 Å². The van der Waals surface area contributed by atoms with Gasteiger partial charge in [-0.3, -0.25) is 19.7 Å². The van der Waals surface area contributed by atoms with Crippen LogP contribution in [0.4, 0.5) is 11.4 Å². The number of nitro groups is 1. The topological polar surface area (TPSA) is 142 Å². The lowest BCUT2D eigenvalue weighted by Crippen LogP contribution is -2.21. The van der Waals surface area contributed by atoms with Crippen molar-refractivity contribution in [1.82, 2.24) is 9.66 Å². The number of non-ortho nitro benzene ring substituents is 1. The van der Waals surface area contributed by atoms with Crippen molar-refractivity contribution in [2.24, 2.45) is 5.10 Å². The van der Waals surface area contributed by atoms with Crippen molar-refractivity contribution in [2.45, 2.75) is 6.92 Å². The highest BCUT2D eigenvalue weighted by molar-refractivity contribution is 5.92. The minimum Gasteiger partial charge on any atom is -0.483 e. The normalized spacial score (nSPS) is 11.3. The zero-order valence-corrected chi connectivity index (χ0v) is 22.8. The molecule has 2 aromatic heterocycles. The van der Waals surface area contributed by atoms with Gasteiger partial charge in [-0.05, 0) is 49.4 Å². The van der Waals surface area contributed by atoms with Gasteiger partial charge in [0.15, 0.2) is 12.4 Å². The van der Waals surface area contributed by atoms with E-state index in [-0.39, 0.29) is 29.4 Å². The highest BCUT2D eigenvalue weighted by atomic mass is 16.6. The van der Waals surface area contributed by atoms with Gasteiger partial charge in [0.25, 0.3) is 17.2 Å². The third-order valence-corrected chi connectivity index (χ3v) is 6.61. The maximum Gasteiger partial charge on any atom is 0.282 e. The van der Waals surface area contributed by atoms with Crippen molar-refractivity contribution in [3.63, 3.8) is 0 Å². The number of nitro benzene ring substituents is 1. The van der Waals surface area contributed by atoms with E-state index >= 15 is 0 Å². The van der Waals surface area contributed by atoms with Gasteiger partial charge >= 0.3 is 0 Å². The summed E-state index contributed by atoms with van der Waals surface area (Å²) in [5, 5.41) is 19.8. The van der Waals surface area contributed by atoms with Gasteiger partial charge in [0.2, 0.25) is 5.82 Å². The number of benzene rings is 4. The Morgan fingerprint density at radius 3 is 2.60 bits per heavy atom. The Hall–Kier alpha value is -6.10. The molecule has 1 N–H and O–H groups in total. The number of furan rings is 1. The number of rotatable bonds is 8. The van der Waals surface area contributed by atoms with Crippen LogP contribution in [-0.4, -0.2) is 33.3 Å². The lowest BCUT2D eigenvalue weighted by Gasteiger charge is -2.11. The van der Waals surface area contributed by atoms with Gasteiger partial charge in [-0.25, -0.2) is 4.98 Å². The molecule has 11 nitrogen and oxygen atoms in total. The Morgan fingerprint density at radius 2 is 1.81 bits per heavy atom. The number of fused-ring (bicyclic) bond motifs is 2. The summed E-state index contributed by atoms with van der Waals surface area (Å²) in [4.78, 5) is 41.8. The highest BCUT2D eigenvalue weighted by Crippen LogP contribution is 2.28. The largest absolute Gasteiger partial charge is 0.483 e. The number of carbonyl (C=O) groups excluding carboxylic acids is 1. The molecule has 0 unspecified atom stereocenters. The fraction of sp³-hybridized carbons (Fsp3) is 0.0625. The average Bonchev–Trinajstić information content (AvgIpc) is 3.45. The molecular formula is C32H23N5O6. The van der Waals surface area contributed by atoms with Gasteiger partial charge < -0.3 is 14.5 Å². The third kappa shape index (κ3) is 5.72. The predicted molar refractivity (Wildman–Crippen MR) is 163 cm³/mol. The molecule has 0 saturated carbocycles. The minimum absolute atomic E-state index is 0.140. The number of aryl methyl sites for hydroxylation is 1. The molecular weight excluding hydrogens is 550 g/mol. The molecule has 1 amide bonds. The van der Waals surface area contributed by atoms with Crippen LogP contribution in [0.1, 0.15) is 11.1 Å². The van der Waals surface area contributed by atoms with E-state index < -0.39 is 16.4 Å². The van der Waals surface area contributed by atoms with Crippen molar-refractivity contribution < 1.29 is 18.9 Å². The highest BCUT2D eigenvalue weighted by Gasteiger charge is 2.17. The summed E-state index contributed by atoms with van der Waals surface area (Å²) in [5.41, 5.74) is 2.19. The summed E-state index contributed by atoms with van der Waals surface area (Å²) >= 11 is 0. The zero-order valence-electron chi connectivity index (χ0n) is 22.8. The number of carbonyl (C=O) groups is 1. The summed E-state index contributed by atoms with van der Waals surface area (Å²) in [6.07, 6.45) is 1.25. The van der Waals surface area contributed by atoms with Crippen LogP contribution in [0.15, 0.2) is 111 Å². The predicted octanol–water partition coefficient (Wildman–Crippen LogP) is 5.93. The minimum atomic E-state index is -0.561. The fourth-order valence-electron chi connectivity index (χ4n) is 4.46. The summed E-state index contributed by atoms with van der Waals surface area (Å²) in [5.74, 6) is 0.179. The van der Waals surface area contributed by atoms with E-state index in [1.165, 1.54) is 24.4 Å². The van der Waals surface area contributed by atoms with Gasteiger partial charge in [0, 0.05) is 28.8 Å². The van der Waals surface area contributed by atoms with Crippen molar-refractivity contribution in [3.05, 3.63) is 129 Å². The molecule has 0 aliphatic heterocycles. The number of hydrogen-bond acceptors (Lipinski definition) is 8. The van der Waals surface area contributed by atoms with Gasteiger partial charge in [0.05, 0.1) is 22.0 Å². The maximum absolute atomic E-state index is 13.6. The smallest absolute Gasteiger partial charge is 0.282 e. The van der Waals surface area contributed by atoms with E-state index in [9.17, 15) is 19.7 Å². The van der Waals surface area contributed by atoms with Crippen LogP contribution < -0.4 is 15.6 Å². The second-order valence-electron chi connectivity index (χ2n) is 9.64. The molecule has 6 aromatic rings. The molecule has 0 bridgehead atoms. The molecule has 11 heteroatoms. The first-order valence-corrected chi connectivity index (χ1v) is 13.2. The summed E-state index contributed by atoms with van der Waals surface area (Å²) in [6, 6.07) is 27.1. The zero-order chi connectivity index (χ0) is 29.9. The monoisotopic (exact) mass is 573 g/mol. The second-order valence-corrected chi connectivity index (χ2v) is 9.64. The summed E-state index contributed by atoms with van der Waals surface area (Å²) in [7, 11) is 0. The second kappa shape index (κ2) is 11.4. The molecule has 0 fully saturated rings. The molecule has 0 aliphatic rings. The lowest BCUT2D eigenvalue weighted by molar-refractivity contribution is -0.384. The molecule has 212 valence electrons.